The van der Waals surface area contributed by atoms with Gasteiger partial charge in [-0.15, -0.1) is 10.2 Å². The van der Waals surface area contributed by atoms with Gasteiger partial charge in [0, 0.05) is 45.3 Å². The molecule has 2 saturated heterocycles. The highest BCUT2D eigenvalue weighted by molar-refractivity contribution is 5.91. The molecule has 2 fully saturated rings. The summed E-state index contributed by atoms with van der Waals surface area (Å²) in [4.78, 5) is 18.7. The first kappa shape index (κ1) is 18.5. The summed E-state index contributed by atoms with van der Waals surface area (Å²) in [6, 6.07) is 7.76. The standard InChI is InChI=1S/C21H27N5O2/c1-17-8-10-24(11-9-17)19-5-6-20(23-22-19)25-12-14-26(15-13-25)21(27)7-4-18-3-2-16-28-18/h2-7,16-17H,8-15H2,1H3/b7-4+. The summed E-state index contributed by atoms with van der Waals surface area (Å²) in [6.45, 7) is 7.29. The molecule has 0 atom stereocenters. The van der Waals surface area contributed by atoms with E-state index >= 15 is 0 Å². The van der Waals surface area contributed by atoms with E-state index in [0.29, 0.717) is 18.8 Å². The Hall–Kier alpha value is -2.83. The van der Waals surface area contributed by atoms with Crippen LogP contribution in [-0.2, 0) is 4.79 Å². The molecule has 2 aromatic rings. The van der Waals surface area contributed by atoms with E-state index in [-0.39, 0.29) is 5.91 Å². The summed E-state index contributed by atoms with van der Waals surface area (Å²) in [7, 11) is 0. The van der Waals surface area contributed by atoms with Gasteiger partial charge in [-0.25, -0.2) is 0 Å². The minimum atomic E-state index is 0.0109. The second-order valence-corrected chi connectivity index (χ2v) is 7.58. The molecular weight excluding hydrogens is 354 g/mol. The number of carbonyl (C=O) groups is 1. The van der Waals surface area contributed by atoms with Crippen molar-refractivity contribution < 1.29 is 9.21 Å². The lowest BCUT2D eigenvalue weighted by Crippen LogP contribution is -2.48. The topological polar surface area (TPSA) is 65.7 Å². The van der Waals surface area contributed by atoms with Gasteiger partial charge in [-0.1, -0.05) is 6.92 Å². The largest absolute Gasteiger partial charge is 0.465 e. The molecule has 4 heterocycles. The number of amides is 1. The number of furan rings is 1. The van der Waals surface area contributed by atoms with Crippen LogP contribution in [0.5, 0.6) is 0 Å². The number of anilines is 2. The Morgan fingerprint density at radius 1 is 1.00 bits per heavy atom. The number of hydrogen-bond acceptors (Lipinski definition) is 6. The third kappa shape index (κ3) is 4.35. The fraction of sp³-hybridized carbons (Fsp3) is 0.476. The highest BCUT2D eigenvalue weighted by Gasteiger charge is 2.22. The molecule has 148 valence electrons. The van der Waals surface area contributed by atoms with Crippen LogP contribution in [0.15, 0.2) is 41.0 Å². The van der Waals surface area contributed by atoms with E-state index in [2.05, 4.69) is 39.1 Å². The van der Waals surface area contributed by atoms with E-state index in [1.54, 1.807) is 24.5 Å². The minimum Gasteiger partial charge on any atom is -0.465 e. The SMILES string of the molecule is CC1CCN(c2ccc(N3CCN(C(=O)/C=C/c4ccco4)CC3)nn2)CC1. The van der Waals surface area contributed by atoms with Gasteiger partial charge in [-0.2, -0.15) is 0 Å². The maximum atomic E-state index is 12.3. The Morgan fingerprint density at radius 3 is 2.21 bits per heavy atom. The smallest absolute Gasteiger partial charge is 0.246 e. The number of piperazine rings is 1. The highest BCUT2D eigenvalue weighted by Crippen LogP contribution is 2.22. The summed E-state index contributed by atoms with van der Waals surface area (Å²) in [5, 5.41) is 8.89. The van der Waals surface area contributed by atoms with Crippen molar-refractivity contribution in [2.24, 2.45) is 5.92 Å². The first-order valence-electron chi connectivity index (χ1n) is 10.0. The van der Waals surface area contributed by atoms with Crippen molar-refractivity contribution in [2.45, 2.75) is 19.8 Å². The van der Waals surface area contributed by atoms with Gasteiger partial charge in [-0.3, -0.25) is 4.79 Å². The van der Waals surface area contributed by atoms with Crippen LogP contribution in [0.25, 0.3) is 6.08 Å². The molecule has 0 aliphatic carbocycles. The van der Waals surface area contributed by atoms with Crippen molar-refractivity contribution in [3.05, 3.63) is 42.4 Å². The second-order valence-electron chi connectivity index (χ2n) is 7.58. The average Bonchev–Trinajstić information content (AvgIpc) is 3.27. The fourth-order valence-corrected chi connectivity index (χ4v) is 3.69. The van der Waals surface area contributed by atoms with E-state index in [0.717, 1.165) is 43.7 Å². The summed E-state index contributed by atoms with van der Waals surface area (Å²) < 4.78 is 5.22. The molecule has 2 aliphatic heterocycles. The third-order valence-electron chi connectivity index (χ3n) is 5.59. The van der Waals surface area contributed by atoms with Gasteiger partial charge in [0.25, 0.3) is 0 Å². The number of hydrogen-bond donors (Lipinski definition) is 0. The van der Waals surface area contributed by atoms with Crippen LogP contribution in [0.2, 0.25) is 0 Å². The van der Waals surface area contributed by atoms with Gasteiger partial charge in [-0.05, 0) is 49.1 Å². The van der Waals surface area contributed by atoms with Crippen LogP contribution in [0, 0.1) is 5.92 Å². The number of piperidine rings is 1. The number of carbonyl (C=O) groups excluding carboxylic acids is 1. The van der Waals surface area contributed by atoms with Gasteiger partial charge < -0.3 is 19.1 Å². The monoisotopic (exact) mass is 381 g/mol. The Bertz CT molecular complexity index is 787. The lowest BCUT2D eigenvalue weighted by Gasteiger charge is -2.35. The number of rotatable bonds is 4. The van der Waals surface area contributed by atoms with E-state index in [4.69, 9.17) is 4.42 Å². The molecule has 7 nitrogen and oxygen atoms in total. The second kappa shape index (κ2) is 8.46. The van der Waals surface area contributed by atoms with Crippen molar-refractivity contribution in [3.63, 3.8) is 0 Å². The van der Waals surface area contributed by atoms with Gasteiger partial charge >= 0.3 is 0 Å². The van der Waals surface area contributed by atoms with Gasteiger partial charge in [0.05, 0.1) is 6.26 Å². The zero-order chi connectivity index (χ0) is 19.3. The third-order valence-corrected chi connectivity index (χ3v) is 5.59. The summed E-state index contributed by atoms with van der Waals surface area (Å²) in [5.41, 5.74) is 0. The normalized spacial score (nSPS) is 18.8. The van der Waals surface area contributed by atoms with Crippen molar-refractivity contribution in [2.75, 3.05) is 49.1 Å². The van der Waals surface area contributed by atoms with Gasteiger partial charge in [0.2, 0.25) is 5.91 Å². The van der Waals surface area contributed by atoms with Gasteiger partial charge in [0.1, 0.15) is 5.76 Å². The first-order chi connectivity index (χ1) is 13.7. The average molecular weight is 381 g/mol. The molecule has 2 aromatic heterocycles. The lowest BCUT2D eigenvalue weighted by atomic mass is 9.99. The maximum absolute atomic E-state index is 12.3. The Labute approximate surface area is 165 Å². The molecule has 0 aromatic carbocycles. The predicted molar refractivity (Wildman–Crippen MR) is 109 cm³/mol. The van der Waals surface area contributed by atoms with Crippen LogP contribution in [0.3, 0.4) is 0 Å². The molecule has 0 spiro atoms. The van der Waals surface area contributed by atoms with E-state index in [1.807, 2.05) is 11.0 Å². The van der Waals surface area contributed by atoms with Crippen LogP contribution >= 0.6 is 0 Å². The molecule has 2 aliphatic rings. The summed E-state index contributed by atoms with van der Waals surface area (Å²) >= 11 is 0. The molecule has 28 heavy (non-hydrogen) atoms. The van der Waals surface area contributed by atoms with Gasteiger partial charge in [0.15, 0.2) is 11.6 Å². The van der Waals surface area contributed by atoms with Crippen LogP contribution < -0.4 is 9.80 Å². The molecule has 0 N–H and O–H groups in total. The zero-order valence-corrected chi connectivity index (χ0v) is 16.3. The molecule has 0 unspecified atom stereocenters. The van der Waals surface area contributed by atoms with Crippen LogP contribution in [-0.4, -0.2) is 60.3 Å². The number of nitrogens with zero attached hydrogens (tertiary/aromatic N) is 5. The maximum Gasteiger partial charge on any atom is 0.246 e. The summed E-state index contributed by atoms with van der Waals surface area (Å²) in [6.07, 6.45) is 7.31. The molecule has 4 rings (SSSR count). The predicted octanol–water partition coefficient (Wildman–Crippen LogP) is 2.67. The first-order valence-corrected chi connectivity index (χ1v) is 10.0. The lowest BCUT2D eigenvalue weighted by molar-refractivity contribution is -0.126. The molecule has 0 saturated carbocycles. The molecular formula is C21H27N5O2. The Kier molecular flexibility index (Phi) is 5.60. The highest BCUT2D eigenvalue weighted by atomic mass is 16.3. The van der Waals surface area contributed by atoms with Crippen LogP contribution in [0.1, 0.15) is 25.5 Å². The van der Waals surface area contributed by atoms with E-state index in [9.17, 15) is 4.79 Å². The summed E-state index contributed by atoms with van der Waals surface area (Å²) in [5.74, 6) is 3.35. The fourth-order valence-electron chi connectivity index (χ4n) is 3.69. The Balaban J connectivity index is 1.29. The Morgan fingerprint density at radius 2 is 1.64 bits per heavy atom. The van der Waals surface area contributed by atoms with Crippen molar-refractivity contribution in [1.82, 2.24) is 15.1 Å². The van der Waals surface area contributed by atoms with Crippen molar-refractivity contribution in [3.8, 4) is 0 Å². The molecule has 7 heteroatoms. The minimum absolute atomic E-state index is 0.0109. The van der Waals surface area contributed by atoms with Crippen LogP contribution in [0.4, 0.5) is 11.6 Å². The molecule has 1 amide bonds. The molecule has 0 radical (unpaired) electrons. The number of aromatic nitrogens is 2. The molecule has 0 bridgehead atoms. The van der Waals surface area contributed by atoms with E-state index < -0.39 is 0 Å². The van der Waals surface area contributed by atoms with Crippen molar-refractivity contribution in [1.29, 1.82) is 0 Å². The van der Waals surface area contributed by atoms with E-state index in [1.165, 1.54) is 12.8 Å². The van der Waals surface area contributed by atoms with Crippen molar-refractivity contribution >= 4 is 23.6 Å². The quantitative estimate of drug-likeness (QED) is 0.759. The zero-order valence-electron chi connectivity index (χ0n) is 16.3.